The number of hydrogen-bond donors (Lipinski definition) is 0. The zero-order valence-electron chi connectivity index (χ0n) is 18.7. The maximum Gasteiger partial charge on any atom is 0.237 e. The molecule has 30 heavy (non-hydrogen) atoms. The lowest BCUT2D eigenvalue weighted by Crippen LogP contribution is -2.42. The van der Waals surface area contributed by atoms with Crippen molar-refractivity contribution in [1.29, 1.82) is 0 Å². The lowest BCUT2D eigenvalue weighted by atomic mass is 9.87. The third-order valence-electron chi connectivity index (χ3n) is 5.64. The van der Waals surface area contributed by atoms with Crippen LogP contribution in [0, 0.1) is 5.82 Å². The minimum Gasteiger partial charge on any atom is -0.325 e. The highest BCUT2D eigenvalue weighted by molar-refractivity contribution is 7.99. The predicted molar refractivity (Wildman–Crippen MR) is 124 cm³/mol. The topological polar surface area (TPSA) is 23.6 Å². The maximum atomic E-state index is 13.3. The van der Waals surface area contributed by atoms with Crippen molar-refractivity contribution in [3.8, 4) is 0 Å². The van der Waals surface area contributed by atoms with E-state index in [1.807, 2.05) is 4.90 Å². The van der Waals surface area contributed by atoms with Crippen LogP contribution in [0.15, 0.2) is 48.5 Å². The molecule has 5 heteroatoms. The van der Waals surface area contributed by atoms with Gasteiger partial charge in [-0.2, -0.15) is 0 Å². The minimum atomic E-state index is -0.247. The molecule has 1 fully saturated rings. The molecule has 1 heterocycles. The van der Waals surface area contributed by atoms with Gasteiger partial charge in [0, 0.05) is 24.9 Å². The molecular weight excluding hydrogens is 395 g/mol. The second-order valence-corrected chi connectivity index (χ2v) is 10.5. The van der Waals surface area contributed by atoms with Gasteiger partial charge in [-0.05, 0) is 48.1 Å². The van der Waals surface area contributed by atoms with Gasteiger partial charge in [0.15, 0.2) is 0 Å². The van der Waals surface area contributed by atoms with E-state index in [-0.39, 0.29) is 28.6 Å². The van der Waals surface area contributed by atoms with Crippen LogP contribution in [-0.4, -0.2) is 40.6 Å². The van der Waals surface area contributed by atoms with E-state index in [4.69, 9.17) is 0 Å². The summed E-state index contributed by atoms with van der Waals surface area (Å²) in [5.41, 5.74) is 3.65. The molecule has 162 valence electrons. The average molecular weight is 429 g/mol. The first-order valence-corrected chi connectivity index (χ1v) is 11.7. The molecule has 3 nitrogen and oxygen atoms in total. The van der Waals surface area contributed by atoms with Gasteiger partial charge >= 0.3 is 0 Å². The number of benzene rings is 2. The van der Waals surface area contributed by atoms with Crippen molar-refractivity contribution in [2.75, 3.05) is 18.8 Å². The van der Waals surface area contributed by atoms with E-state index < -0.39 is 0 Å². The van der Waals surface area contributed by atoms with E-state index in [1.165, 1.54) is 23.3 Å². The van der Waals surface area contributed by atoms with Crippen LogP contribution in [0.2, 0.25) is 0 Å². The van der Waals surface area contributed by atoms with Gasteiger partial charge < -0.3 is 4.90 Å². The van der Waals surface area contributed by atoms with Gasteiger partial charge in [-0.15, -0.1) is 11.8 Å². The van der Waals surface area contributed by atoms with Gasteiger partial charge in [-0.3, -0.25) is 9.69 Å². The molecule has 0 N–H and O–H groups in total. The van der Waals surface area contributed by atoms with Crippen LogP contribution < -0.4 is 0 Å². The van der Waals surface area contributed by atoms with Crippen molar-refractivity contribution in [1.82, 2.24) is 9.80 Å². The molecule has 1 aliphatic heterocycles. The quantitative estimate of drug-likeness (QED) is 0.598. The third kappa shape index (κ3) is 5.64. The Morgan fingerprint density at radius 3 is 2.33 bits per heavy atom. The van der Waals surface area contributed by atoms with E-state index in [0.29, 0.717) is 6.54 Å². The molecule has 0 radical (unpaired) electrons. The number of nitrogens with zero attached hydrogens (tertiary/aromatic N) is 2. The summed E-state index contributed by atoms with van der Waals surface area (Å²) in [5.74, 6) is 0.793. The van der Waals surface area contributed by atoms with Crippen LogP contribution in [0.3, 0.4) is 0 Å². The lowest BCUT2D eigenvalue weighted by molar-refractivity contribution is -0.133. The van der Waals surface area contributed by atoms with E-state index in [2.05, 4.69) is 63.8 Å². The predicted octanol–water partition coefficient (Wildman–Crippen LogP) is 5.61. The number of halogens is 1. The highest BCUT2D eigenvalue weighted by Gasteiger charge is 2.31. The van der Waals surface area contributed by atoms with Gasteiger partial charge in [0.25, 0.3) is 0 Å². The fraction of sp³-hybridized carbons (Fsp3) is 0.480. The van der Waals surface area contributed by atoms with Gasteiger partial charge in [0.2, 0.25) is 5.91 Å². The van der Waals surface area contributed by atoms with Crippen molar-refractivity contribution in [3.05, 3.63) is 71.0 Å². The first kappa shape index (κ1) is 22.8. The van der Waals surface area contributed by atoms with Crippen LogP contribution in [0.4, 0.5) is 4.39 Å². The van der Waals surface area contributed by atoms with Gasteiger partial charge in [-0.1, -0.05) is 57.2 Å². The second-order valence-electron chi connectivity index (χ2n) is 9.31. The third-order valence-corrected chi connectivity index (χ3v) is 6.90. The summed E-state index contributed by atoms with van der Waals surface area (Å²) in [6, 6.07) is 15.5. The summed E-state index contributed by atoms with van der Waals surface area (Å²) in [6.45, 7) is 12.8. The Hall–Kier alpha value is -1.85. The number of rotatable bonds is 6. The fourth-order valence-electron chi connectivity index (χ4n) is 3.66. The van der Waals surface area contributed by atoms with Crippen LogP contribution in [0.25, 0.3) is 0 Å². The number of amides is 1. The van der Waals surface area contributed by atoms with Gasteiger partial charge in [0.05, 0.1) is 6.54 Å². The van der Waals surface area contributed by atoms with Crippen LogP contribution in [0.5, 0.6) is 0 Å². The SMILES string of the molecule is CC(C)N(CC(=O)N1CCSC1c1ccc(F)cc1)Cc1ccc(C(C)(C)C)cc1. The highest BCUT2D eigenvalue weighted by Crippen LogP contribution is 2.38. The maximum absolute atomic E-state index is 13.3. The summed E-state index contributed by atoms with van der Waals surface area (Å²) < 4.78 is 13.3. The Balaban J connectivity index is 1.68. The largest absolute Gasteiger partial charge is 0.325 e. The molecule has 0 aliphatic carbocycles. The summed E-state index contributed by atoms with van der Waals surface area (Å²) in [5, 5.41) is -0.0295. The number of carbonyl (C=O) groups is 1. The molecule has 0 aromatic heterocycles. The van der Waals surface area contributed by atoms with Crippen molar-refractivity contribution < 1.29 is 9.18 Å². The van der Waals surface area contributed by atoms with E-state index in [0.717, 1.165) is 24.4 Å². The van der Waals surface area contributed by atoms with E-state index >= 15 is 0 Å². The zero-order valence-corrected chi connectivity index (χ0v) is 19.5. The Morgan fingerprint density at radius 1 is 1.13 bits per heavy atom. The van der Waals surface area contributed by atoms with E-state index in [9.17, 15) is 9.18 Å². The molecule has 0 saturated carbocycles. The van der Waals surface area contributed by atoms with Crippen LogP contribution >= 0.6 is 11.8 Å². The molecule has 0 bridgehead atoms. The normalized spacial score (nSPS) is 17.2. The molecule has 2 aromatic carbocycles. The van der Waals surface area contributed by atoms with Crippen molar-refractivity contribution in [2.24, 2.45) is 0 Å². The monoisotopic (exact) mass is 428 g/mol. The Bertz CT molecular complexity index is 843. The summed E-state index contributed by atoms with van der Waals surface area (Å²) in [7, 11) is 0. The van der Waals surface area contributed by atoms with Crippen LogP contribution in [0.1, 0.15) is 56.7 Å². The van der Waals surface area contributed by atoms with Crippen molar-refractivity contribution in [2.45, 2.75) is 58.0 Å². The minimum absolute atomic E-state index is 0.0295. The lowest BCUT2D eigenvalue weighted by Gasteiger charge is -2.30. The summed E-state index contributed by atoms with van der Waals surface area (Å²) in [6.07, 6.45) is 0. The second kappa shape index (κ2) is 9.52. The van der Waals surface area contributed by atoms with Gasteiger partial charge in [-0.25, -0.2) is 4.39 Å². The molecule has 1 amide bonds. The molecule has 1 atom stereocenters. The number of hydrogen-bond acceptors (Lipinski definition) is 3. The van der Waals surface area contributed by atoms with Crippen molar-refractivity contribution in [3.63, 3.8) is 0 Å². The first-order chi connectivity index (χ1) is 14.1. The zero-order chi connectivity index (χ0) is 21.9. The van der Waals surface area contributed by atoms with Crippen LogP contribution in [-0.2, 0) is 16.8 Å². The first-order valence-electron chi connectivity index (χ1n) is 10.6. The highest BCUT2D eigenvalue weighted by atomic mass is 32.2. The molecule has 1 saturated heterocycles. The number of thioether (sulfide) groups is 1. The van der Waals surface area contributed by atoms with E-state index in [1.54, 1.807) is 23.9 Å². The average Bonchev–Trinajstić information content (AvgIpc) is 3.17. The number of carbonyl (C=O) groups excluding carboxylic acids is 1. The fourth-order valence-corrected chi connectivity index (χ4v) is 4.94. The Morgan fingerprint density at radius 2 is 1.77 bits per heavy atom. The Labute approximate surface area is 184 Å². The molecule has 1 unspecified atom stereocenters. The standard InChI is InChI=1S/C25H33FN2OS/c1-18(2)27(16-19-6-10-21(11-7-19)25(3,4)5)17-23(29)28-14-15-30-24(28)20-8-12-22(26)13-9-20/h6-13,18,24H,14-17H2,1-5H3. The molecule has 0 spiro atoms. The smallest absolute Gasteiger partial charge is 0.237 e. The molecule has 1 aliphatic rings. The van der Waals surface area contributed by atoms with Gasteiger partial charge in [0.1, 0.15) is 11.2 Å². The summed E-state index contributed by atoms with van der Waals surface area (Å²) in [4.78, 5) is 17.3. The molecular formula is C25H33FN2OS. The van der Waals surface area contributed by atoms with Crippen molar-refractivity contribution >= 4 is 17.7 Å². The molecule has 2 aromatic rings. The Kier molecular flexibility index (Phi) is 7.25. The molecule has 3 rings (SSSR count). The summed E-state index contributed by atoms with van der Waals surface area (Å²) >= 11 is 1.75.